The molecule has 2 heterocycles. The number of nitrogens with zero attached hydrogens (tertiary/aromatic N) is 3. The fourth-order valence-electron chi connectivity index (χ4n) is 2.38. The second-order valence-corrected chi connectivity index (χ2v) is 8.11. The largest absolute Gasteiger partial charge is 0.296 e. The van der Waals surface area contributed by atoms with Crippen LogP contribution in [0.3, 0.4) is 0 Å². The summed E-state index contributed by atoms with van der Waals surface area (Å²) >= 11 is 8.67. The minimum Gasteiger partial charge on any atom is -0.296 e. The van der Waals surface area contributed by atoms with Crippen LogP contribution in [0.5, 0.6) is 0 Å². The van der Waals surface area contributed by atoms with Gasteiger partial charge in [0, 0.05) is 27.1 Å². The number of hydrogen-bond donors (Lipinski definition) is 1. The molecule has 0 aliphatic rings. The third-order valence-electron chi connectivity index (χ3n) is 3.58. The lowest BCUT2D eigenvalue weighted by molar-refractivity contribution is 0.102. The molecule has 0 spiro atoms. The zero-order valence-corrected chi connectivity index (χ0v) is 15.9. The Morgan fingerprint density at radius 3 is 2.89 bits per heavy atom. The Hall–Kier alpha value is -2.55. The van der Waals surface area contributed by atoms with Crippen molar-refractivity contribution in [2.24, 2.45) is 0 Å². The predicted octanol–water partition coefficient (Wildman–Crippen LogP) is 5.28. The quantitative estimate of drug-likeness (QED) is 0.458. The highest BCUT2D eigenvalue weighted by molar-refractivity contribution is 8.01. The average molecular weight is 417 g/mol. The number of nitrogens with one attached hydrogen (secondary N) is 1. The van der Waals surface area contributed by atoms with E-state index >= 15 is 0 Å². The second-order valence-electron chi connectivity index (χ2n) is 5.41. The van der Waals surface area contributed by atoms with Crippen LogP contribution in [-0.4, -0.2) is 21.1 Å². The maximum absolute atomic E-state index is 13.2. The van der Waals surface area contributed by atoms with Crippen LogP contribution in [-0.2, 0) is 0 Å². The Morgan fingerprint density at radius 2 is 2.04 bits per heavy atom. The van der Waals surface area contributed by atoms with Gasteiger partial charge in [0.2, 0.25) is 5.13 Å². The number of fused-ring (bicyclic) bond motifs is 1. The smallest absolute Gasteiger partial charge is 0.257 e. The van der Waals surface area contributed by atoms with Crippen LogP contribution in [0.1, 0.15) is 10.4 Å². The molecule has 9 heteroatoms. The molecular weight excluding hydrogens is 407 g/mol. The first-order valence-corrected chi connectivity index (χ1v) is 9.72. The third kappa shape index (κ3) is 4.08. The van der Waals surface area contributed by atoms with Crippen molar-refractivity contribution in [3.63, 3.8) is 0 Å². The van der Waals surface area contributed by atoms with Crippen molar-refractivity contribution in [1.29, 1.82) is 0 Å². The van der Waals surface area contributed by atoms with Gasteiger partial charge in [-0.1, -0.05) is 46.8 Å². The maximum atomic E-state index is 13.2. The summed E-state index contributed by atoms with van der Waals surface area (Å²) in [7, 11) is 0. The minimum absolute atomic E-state index is 0.219. The molecule has 0 saturated heterocycles. The molecule has 0 aliphatic heterocycles. The van der Waals surface area contributed by atoms with Crippen molar-refractivity contribution in [2.45, 2.75) is 9.24 Å². The lowest BCUT2D eigenvalue weighted by Gasteiger charge is -2.03. The molecule has 0 saturated carbocycles. The number of amides is 1. The van der Waals surface area contributed by atoms with Crippen molar-refractivity contribution in [3.8, 4) is 0 Å². The fourth-order valence-corrected chi connectivity index (χ4v) is 4.37. The molecule has 0 aliphatic carbocycles. The first kappa shape index (κ1) is 17.8. The molecule has 5 nitrogen and oxygen atoms in total. The molecule has 4 aromatic rings. The van der Waals surface area contributed by atoms with Gasteiger partial charge in [-0.15, -0.1) is 10.2 Å². The summed E-state index contributed by atoms with van der Waals surface area (Å²) in [5.74, 6) is -0.910. The molecule has 134 valence electrons. The first-order valence-electron chi connectivity index (χ1n) is 7.71. The van der Waals surface area contributed by atoms with Gasteiger partial charge in [0.15, 0.2) is 4.34 Å². The number of anilines is 1. The SMILES string of the molecule is O=C(Nc1nnc(Sc2ccnc3cc(Cl)ccc23)s1)c1cccc(F)c1. The summed E-state index contributed by atoms with van der Waals surface area (Å²) in [6.45, 7) is 0. The van der Waals surface area contributed by atoms with Crippen LogP contribution in [0.25, 0.3) is 10.9 Å². The highest BCUT2D eigenvalue weighted by atomic mass is 35.5. The number of aromatic nitrogens is 3. The molecule has 0 atom stereocenters. The van der Waals surface area contributed by atoms with E-state index in [0.717, 1.165) is 15.8 Å². The van der Waals surface area contributed by atoms with Crippen LogP contribution in [0.2, 0.25) is 5.02 Å². The molecule has 0 radical (unpaired) electrons. The lowest BCUT2D eigenvalue weighted by Crippen LogP contribution is -2.11. The molecule has 2 aromatic heterocycles. The van der Waals surface area contributed by atoms with E-state index < -0.39 is 11.7 Å². The molecule has 27 heavy (non-hydrogen) atoms. The molecule has 0 bridgehead atoms. The number of carbonyl (C=O) groups excluding carboxylic acids is 1. The summed E-state index contributed by atoms with van der Waals surface area (Å²) in [4.78, 5) is 17.4. The predicted molar refractivity (Wildman–Crippen MR) is 105 cm³/mol. The van der Waals surface area contributed by atoms with E-state index in [1.165, 1.54) is 47.4 Å². The van der Waals surface area contributed by atoms with E-state index in [0.29, 0.717) is 14.5 Å². The van der Waals surface area contributed by atoms with Crippen molar-refractivity contribution >= 4 is 56.6 Å². The Balaban J connectivity index is 1.53. The standard InChI is InChI=1S/C18H10ClFN4OS2/c19-11-4-5-13-14(9-11)21-7-6-15(13)26-18-24-23-17(27-18)22-16(25)10-2-1-3-12(20)8-10/h1-9H,(H,22,23,25). The summed E-state index contributed by atoms with van der Waals surface area (Å²) in [5, 5.41) is 12.6. The number of rotatable bonds is 4. The topological polar surface area (TPSA) is 67.8 Å². The van der Waals surface area contributed by atoms with Gasteiger partial charge < -0.3 is 0 Å². The van der Waals surface area contributed by atoms with E-state index in [4.69, 9.17) is 11.6 Å². The molecule has 2 aromatic carbocycles. The fraction of sp³-hybridized carbons (Fsp3) is 0. The van der Waals surface area contributed by atoms with Gasteiger partial charge in [-0.05, 0) is 36.4 Å². The van der Waals surface area contributed by atoms with Crippen molar-refractivity contribution in [3.05, 3.63) is 71.1 Å². The maximum Gasteiger partial charge on any atom is 0.257 e. The lowest BCUT2D eigenvalue weighted by atomic mass is 10.2. The highest BCUT2D eigenvalue weighted by Crippen LogP contribution is 2.36. The first-order chi connectivity index (χ1) is 13.1. The second kappa shape index (κ2) is 7.59. The number of halogens is 2. The molecule has 4 rings (SSSR count). The van der Waals surface area contributed by atoms with Gasteiger partial charge >= 0.3 is 0 Å². The summed E-state index contributed by atoms with van der Waals surface area (Å²) in [5.41, 5.74) is 1.01. The zero-order valence-electron chi connectivity index (χ0n) is 13.5. The van der Waals surface area contributed by atoms with Crippen LogP contribution in [0.15, 0.2) is 64.0 Å². The molecule has 1 amide bonds. The number of benzene rings is 2. The van der Waals surface area contributed by atoms with E-state index in [2.05, 4.69) is 20.5 Å². The van der Waals surface area contributed by atoms with Gasteiger partial charge in [-0.25, -0.2) is 4.39 Å². The van der Waals surface area contributed by atoms with E-state index in [9.17, 15) is 9.18 Å². The Kier molecular flexibility index (Phi) is 5.02. The van der Waals surface area contributed by atoms with Crippen LogP contribution in [0, 0.1) is 5.82 Å². The Labute approximate surface area is 166 Å². The van der Waals surface area contributed by atoms with Gasteiger partial charge in [0.1, 0.15) is 5.82 Å². The van der Waals surface area contributed by atoms with Gasteiger partial charge in [-0.2, -0.15) is 0 Å². The normalized spacial score (nSPS) is 10.9. The van der Waals surface area contributed by atoms with E-state index in [1.807, 2.05) is 12.1 Å². The number of pyridine rings is 1. The molecule has 0 unspecified atom stereocenters. The van der Waals surface area contributed by atoms with Gasteiger partial charge in [0.05, 0.1) is 5.52 Å². The van der Waals surface area contributed by atoms with Crippen LogP contribution in [0.4, 0.5) is 9.52 Å². The minimum atomic E-state index is -0.471. The zero-order chi connectivity index (χ0) is 18.8. The Bertz CT molecular complexity index is 1150. The third-order valence-corrected chi connectivity index (χ3v) is 5.78. The Morgan fingerprint density at radius 1 is 1.15 bits per heavy atom. The van der Waals surface area contributed by atoms with Crippen LogP contribution < -0.4 is 5.32 Å². The average Bonchev–Trinajstić information content (AvgIpc) is 3.08. The number of carbonyl (C=O) groups is 1. The molecule has 0 fully saturated rings. The summed E-state index contributed by atoms with van der Waals surface area (Å²) < 4.78 is 13.9. The van der Waals surface area contributed by atoms with E-state index in [1.54, 1.807) is 18.3 Å². The van der Waals surface area contributed by atoms with Crippen molar-refractivity contribution in [2.75, 3.05) is 5.32 Å². The van der Waals surface area contributed by atoms with Crippen molar-refractivity contribution in [1.82, 2.24) is 15.2 Å². The van der Waals surface area contributed by atoms with E-state index in [-0.39, 0.29) is 5.56 Å². The van der Waals surface area contributed by atoms with Crippen molar-refractivity contribution < 1.29 is 9.18 Å². The molecule has 1 N–H and O–H groups in total. The highest BCUT2D eigenvalue weighted by Gasteiger charge is 2.13. The number of hydrogen-bond acceptors (Lipinski definition) is 6. The van der Waals surface area contributed by atoms with Gasteiger partial charge in [-0.3, -0.25) is 15.1 Å². The van der Waals surface area contributed by atoms with Gasteiger partial charge in [0.25, 0.3) is 5.91 Å². The summed E-state index contributed by atoms with van der Waals surface area (Å²) in [6, 6.07) is 12.8. The van der Waals surface area contributed by atoms with Crippen LogP contribution >= 0.6 is 34.7 Å². The monoisotopic (exact) mass is 416 g/mol. The molecular formula is C18H10ClFN4OS2. The summed E-state index contributed by atoms with van der Waals surface area (Å²) in [6.07, 6.45) is 1.70.